The van der Waals surface area contributed by atoms with Crippen LogP contribution in [0, 0.1) is 5.41 Å². The molecule has 1 aromatic carbocycles. The fourth-order valence-electron chi connectivity index (χ4n) is 7.58. The lowest BCUT2D eigenvalue weighted by Gasteiger charge is -2.33. The highest BCUT2D eigenvalue weighted by Gasteiger charge is 2.53. The van der Waals surface area contributed by atoms with Crippen LogP contribution in [0.3, 0.4) is 0 Å². The van der Waals surface area contributed by atoms with E-state index in [1.165, 1.54) is 12.2 Å². The number of carbonyl (C=O) groups is 5. The number of nitrogens with zero attached hydrogens (tertiary/aromatic N) is 1. The standard InChI is InChI=1S/C41H56N2O11/c1-5-7-9-18-41(19-10-8-6-2)53-32-25-29(37(47)43-21-12-15-30(43)36(46)42-20-22-44)24-31(34(32)54-41)51-38(48)28-14-11-13-27(23-28)16-17-33(45)52-35-39(49)50-26-40(35,3)4/h11,13-14,16-17,23,25,30-32,34-35,44H,5-10,12,15,18-22,24,26H2,1-4H3,(H,42,46)/t30-,31-,32-,34+,35+/m1/s1. The van der Waals surface area contributed by atoms with E-state index in [9.17, 15) is 29.1 Å². The highest BCUT2D eigenvalue weighted by Crippen LogP contribution is 2.44. The number of cyclic esters (lactones) is 1. The second-order valence-electron chi connectivity index (χ2n) is 15.4. The van der Waals surface area contributed by atoms with E-state index in [4.69, 9.17) is 23.7 Å². The average Bonchev–Trinajstić information content (AvgIpc) is 3.86. The van der Waals surface area contributed by atoms with E-state index in [1.807, 2.05) is 0 Å². The summed E-state index contributed by atoms with van der Waals surface area (Å²) in [5, 5.41) is 11.9. The number of ether oxygens (including phenoxy) is 5. The smallest absolute Gasteiger partial charge is 0.348 e. The number of nitrogens with one attached hydrogen (secondary N) is 1. The molecule has 3 fully saturated rings. The molecule has 5 rings (SSSR count). The van der Waals surface area contributed by atoms with Crippen LogP contribution >= 0.6 is 0 Å². The van der Waals surface area contributed by atoms with Gasteiger partial charge in [0, 0.05) is 49.4 Å². The van der Waals surface area contributed by atoms with Crippen molar-refractivity contribution in [2.45, 2.75) is 135 Å². The van der Waals surface area contributed by atoms with Crippen molar-refractivity contribution in [2.24, 2.45) is 5.41 Å². The normalized spacial score (nSPS) is 25.6. The van der Waals surface area contributed by atoms with Gasteiger partial charge in [0.25, 0.3) is 0 Å². The number of aliphatic hydroxyl groups excluding tert-OH is 1. The predicted octanol–water partition coefficient (Wildman–Crippen LogP) is 4.79. The van der Waals surface area contributed by atoms with E-state index in [0.29, 0.717) is 43.4 Å². The van der Waals surface area contributed by atoms with Crippen molar-refractivity contribution in [1.82, 2.24) is 10.2 Å². The molecule has 0 bridgehead atoms. The maximum atomic E-state index is 14.1. The van der Waals surface area contributed by atoms with Crippen molar-refractivity contribution in [3.05, 3.63) is 53.1 Å². The number of carbonyl (C=O) groups excluding carboxylic acids is 5. The number of rotatable bonds is 17. The van der Waals surface area contributed by atoms with Gasteiger partial charge >= 0.3 is 17.9 Å². The van der Waals surface area contributed by atoms with Gasteiger partial charge in [-0.15, -0.1) is 0 Å². The largest absolute Gasteiger partial charge is 0.462 e. The summed E-state index contributed by atoms with van der Waals surface area (Å²) in [4.78, 5) is 67.1. The molecule has 1 aliphatic carbocycles. The summed E-state index contributed by atoms with van der Waals surface area (Å²) in [6.45, 7) is 8.28. The van der Waals surface area contributed by atoms with E-state index in [0.717, 1.165) is 38.5 Å². The van der Waals surface area contributed by atoms with Crippen molar-refractivity contribution in [3.8, 4) is 0 Å². The SMILES string of the molecule is CCCCCC1(CCCCC)O[C@@H]2[C@@H](C=C(C(=O)N3CCC[C@@H]3C(=O)NCCO)C[C@H]2OC(=O)c2cccc(C=CC(=O)O[C@H]3C(=O)OCC3(C)C)c2)O1. The van der Waals surface area contributed by atoms with Crippen molar-refractivity contribution < 1.29 is 52.8 Å². The maximum absolute atomic E-state index is 14.1. The minimum absolute atomic E-state index is 0.0714. The quantitative estimate of drug-likeness (QED) is 0.0973. The van der Waals surface area contributed by atoms with Crippen molar-refractivity contribution >= 4 is 35.8 Å². The summed E-state index contributed by atoms with van der Waals surface area (Å²) in [7, 11) is 0. The Hall–Kier alpha value is -4.07. The molecule has 3 aliphatic heterocycles. The Bertz CT molecular complexity index is 1580. The van der Waals surface area contributed by atoms with Gasteiger partial charge in [0.05, 0.1) is 12.2 Å². The van der Waals surface area contributed by atoms with E-state index < -0.39 is 59.6 Å². The third kappa shape index (κ3) is 9.96. The Morgan fingerprint density at radius 3 is 2.44 bits per heavy atom. The van der Waals surface area contributed by atoms with Gasteiger partial charge in [-0.25, -0.2) is 14.4 Å². The predicted molar refractivity (Wildman–Crippen MR) is 198 cm³/mol. The van der Waals surface area contributed by atoms with Gasteiger partial charge in [0.2, 0.25) is 17.9 Å². The molecular formula is C41H56N2O11. The molecule has 2 N–H and O–H groups in total. The summed E-state index contributed by atoms with van der Waals surface area (Å²) in [5.74, 6) is -3.46. The van der Waals surface area contributed by atoms with Crippen molar-refractivity contribution in [2.75, 3.05) is 26.3 Å². The van der Waals surface area contributed by atoms with E-state index >= 15 is 0 Å². The highest BCUT2D eigenvalue weighted by molar-refractivity contribution is 5.98. The Balaban J connectivity index is 1.35. The molecule has 0 radical (unpaired) electrons. The molecule has 3 heterocycles. The molecule has 2 amide bonds. The van der Waals surface area contributed by atoms with Crippen LogP contribution in [-0.2, 0) is 42.9 Å². The Morgan fingerprint density at radius 2 is 1.78 bits per heavy atom. The van der Waals surface area contributed by atoms with Crippen LogP contribution in [0.5, 0.6) is 0 Å². The number of unbranched alkanes of at least 4 members (excludes halogenated alkanes) is 4. The lowest BCUT2D eigenvalue weighted by atomic mass is 9.90. The molecular weight excluding hydrogens is 696 g/mol. The summed E-state index contributed by atoms with van der Waals surface area (Å²) in [5.41, 5.74) is 0.493. The van der Waals surface area contributed by atoms with Gasteiger partial charge in [-0.1, -0.05) is 65.5 Å². The zero-order chi connectivity index (χ0) is 38.9. The molecule has 296 valence electrons. The monoisotopic (exact) mass is 752 g/mol. The molecule has 13 nitrogen and oxygen atoms in total. The molecule has 54 heavy (non-hydrogen) atoms. The van der Waals surface area contributed by atoms with Gasteiger partial charge < -0.3 is 39.0 Å². The van der Waals surface area contributed by atoms with E-state index in [2.05, 4.69) is 19.2 Å². The minimum Gasteiger partial charge on any atom is -0.462 e. The van der Waals surface area contributed by atoms with Crippen molar-refractivity contribution in [1.29, 1.82) is 0 Å². The Morgan fingerprint density at radius 1 is 1.04 bits per heavy atom. The third-order valence-corrected chi connectivity index (χ3v) is 10.5. The minimum atomic E-state index is -1.01. The van der Waals surface area contributed by atoms with E-state index in [-0.39, 0.29) is 43.6 Å². The second-order valence-corrected chi connectivity index (χ2v) is 15.4. The van der Waals surface area contributed by atoms with Gasteiger partial charge in [0.1, 0.15) is 31.0 Å². The van der Waals surface area contributed by atoms with Crippen LogP contribution in [0.15, 0.2) is 42.0 Å². The lowest BCUT2D eigenvalue weighted by Crippen LogP contribution is -2.49. The Labute approximate surface area is 317 Å². The zero-order valence-corrected chi connectivity index (χ0v) is 32.0. The molecule has 13 heteroatoms. The van der Waals surface area contributed by atoms with Crippen LogP contribution in [0.1, 0.15) is 114 Å². The molecule has 1 aromatic rings. The van der Waals surface area contributed by atoms with Crippen LogP contribution in [0.4, 0.5) is 0 Å². The third-order valence-electron chi connectivity index (χ3n) is 10.5. The summed E-state index contributed by atoms with van der Waals surface area (Å²) in [6, 6.07) is 5.88. The van der Waals surface area contributed by atoms with Crippen LogP contribution in [0.2, 0.25) is 0 Å². The highest BCUT2D eigenvalue weighted by atomic mass is 16.8. The number of hydrogen-bond donors (Lipinski definition) is 2. The molecule has 3 saturated heterocycles. The zero-order valence-electron chi connectivity index (χ0n) is 32.0. The number of fused-ring (bicyclic) bond motifs is 1. The van der Waals surface area contributed by atoms with Crippen LogP contribution in [0.25, 0.3) is 6.08 Å². The van der Waals surface area contributed by atoms with Gasteiger partial charge in [-0.2, -0.15) is 0 Å². The number of likely N-dealkylation sites (tertiary alicyclic amines) is 1. The first-order valence-electron chi connectivity index (χ1n) is 19.5. The topological polar surface area (TPSA) is 167 Å². The first-order valence-corrected chi connectivity index (χ1v) is 19.5. The van der Waals surface area contributed by atoms with Crippen LogP contribution < -0.4 is 5.32 Å². The number of esters is 3. The first kappa shape index (κ1) is 41.1. The fraction of sp³-hybridized carbons (Fsp3) is 0.634. The fourth-order valence-corrected chi connectivity index (χ4v) is 7.58. The molecule has 5 atom stereocenters. The van der Waals surface area contributed by atoms with E-state index in [1.54, 1.807) is 49.1 Å². The molecule has 4 aliphatic rings. The lowest BCUT2D eigenvalue weighted by molar-refractivity contribution is -0.190. The van der Waals surface area contributed by atoms with Gasteiger partial charge in [0.15, 0.2) is 5.79 Å². The summed E-state index contributed by atoms with van der Waals surface area (Å²) >= 11 is 0. The Kier molecular flexibility index (Phi) is 14.1. The summed E-state index contributed by atoms with van der Waals surface area (Å²) < 4.78 is 30.1. The molecule has 0 saturated carbocycles. The van der Waals surface area contributed by atoms with Gasteiger partial charge in [-0.05, 0) is 55.5 Å². The van der Waals surface area contributed by atoms with Crippen LogP contribution in [-0.4, -0.2) is 102 Å². The molecule has 0 aromatic heterocycles. The first-order chi connectivity index (χ1) is 25.9. The average molecular weight is 753 g/mol. The number of amides is 2. The number of aliphatic hydroxyl groups is 1. The van der Waals surface area contributed by atoms with Crippen molar-refractivity contribution in [3.63, 3.8) is 0 Å². The number of hydrogen-bond acceptors (Lipinski definition) is 11. The number of benzene rings is 1. The maximum Gasteiger partial charge on any atom is 0.348 e. The van der Waals surface area contributed by atoms with Gasteiger partial charge in [-0.3, -0.25) is 9.59 Å². The summed E-state index contributed by atoms with van der Waals surface area (Å²) in [6.07, 6.45) is 9.75. The second kappa shape index (κ2) is 18.5. The molecule has 0 spiro atoms. The molecule has 0 unspecified atom stereocenters.